The number of hydrogen-bond acceptors (Lipinski definition) is 4. The second-order valence-corrected chi connectivity index (χ2v) is 6.65. The number of rotatable bonds is 4. The van der Waals surface area contributed by atoms with E-state index < -0.39 is 0 Å². The molecule has 6 heteroatoms. The van der Waals surface area contributed by atoms with E-state index in [0.29, 0.717) is 6.54 Å². The molecule has 0 saturated heterocycles. The molecule has 1 aromatic carbocycles. The van der Waals surface area contributed by atoms with Crippen LogP contribution in [-0.2, 0) is 12.1 Å². The molecule has 5 nitrogen and oxygen atoms in total. The number of hydrogen-bond donors (Lipinski definition) is 1. The summed E-state index contributed by atoms with van der Waals surface area (Å²) in [5.74, 6) is 0. The largest absolute Gasteiger partial charge is 0.379 e. The minimum atomic E-state index is -0.0537. The van der Waals surface area contributed by atoms with E-state index in [9.17, 15) is 0 Å². The Hall–Kier alpha value is -1.75. The highest BCUT2D eigenvalue weighted by atomic mass is 35.5. The second kappa shape index (κ2) is 5.93. The fraction of sp³-hybridized carbons (Fsp3) is 0.467. The van der Waals surface area contributed by atoms with E-state index in [-0.39, 0.29) is 5.54 Å². The summed E-state index contributed by atoms with van der Waals surface area (Å²) in [6.45, 7) is 6.91. The lowest BCUT2D eigenvalue weighted by atomic mass is 10.1. The third-order valence-corrected chi connectivity index (χ3v) is 3.43. The van der Waals surface area contributed by atoms with Gasteiger partial charge in [0.25, 0.3) is 0 Å². The van der Waals surface area contributed by atoms with Crippen molar-refractivity contribution in [1.29, 1.82) is 0 Å². The normalized spacial score (nSPS) is 11.5. The van der Waals surface area contributed by atoms with Crippen molar-refractivity contribution >= 4 is 23.0 Å². The molecule has 0 aliphatic heterocycles. The molecule has 0 aliphatic rings. The molecule has 0 amide bonds. The van der Waals surface area contributed by atoms with Gasteiger partial charge in [-0.3, -0.25) is 0 Å². The molecule has 0 bridgehead atoms. The van der Waals surface area contributed by atoms with Gasteiger partial charge in [-0.05, 0) is 39.0 Å². The van der Waals surface area contributed by atoms with Crippen molar-refractivity contribution in [3.05, 3.63) is 35.1 Å². The predicted octanol–water partition coefficient (Wildman–Crippen LogP) is 3.36. The van der Waals surface area contributed by atoms with Gasteiger partial charge in [-0.25, -0.2) is 4.68 Å². The Balaban J connectivity index is 2.03. The third kappa shape index (κ3) is 3.88. The Morgan fingerprint density at radius 3 is 2.52 bits per heavy atom. The zero-order valence-corrected chi connectivity index (χ0v) is 13.9. The molecule has 0 aliphatic carbocycles. The number of anilines is 2. The van der Waals surface area contributed by atoms with Crippen LogP contribution in [0.25, 0.3) is 0 Å². The predicted molar refractivity (Wildman–Crippen MR) is 88.1 cm³/mol. The van der Waals surface area contributed by atoms with Gasteiger partial charge >= 0.3 is 0 Å². The number of nitrogens with one attached hydrogen (secondary N) is 1. The fourth-order valence-corrected chi connectivity index (χ4v) is 2.23. The van der Waals surface area contributed by atoms with E-state index in [1.807, 2.05) is 48.1 Å². The summed E-state index contributed by atoms with van der Waals surface area (Å²) >= 11 is 6.26. The molecule has 21 heavy (non-hydrogen) atoms. The monoisotopic (exact) mass is 307 g/mol. The first-order valence-corrected chi connectivity index (χ1v) is 7.27. The summed E-state index contributed by atoms with van der Waals surface area (Å²) in [6.07, 6.45) is 1.96. The molecule has 0 spiro atoms. The third-order valence-electron chi connectivity index (χ3n) is 3.13. The molecule has 0 saturated carbocycles. The molecule has 1 heterocycles. The van der Waals surface area contributed by atoms with Crippen molar-refractivity contribution in [2.45, 2.75) is 32.9 Å². The van der Waals surface area contributed by atoms with Crippen molar-refractivity contribution < 1.29 is 0 Å². The maximum atomic E-state index is 6.26. The van der Waals surface area contributed by atoms with Gasteiger partial charge in [-0.15, -0.1) is 5.10 Å². The summed E-state index contributed by atoms with van der Waals surface area (Å²) in [5, 5.41) is 12.4. The molecular formula is C15H22ClN5. The number of nitrogens with zero attached hydrogens (tertiary/aromatic N) is 4. The highest BCUT2D eigenvalue weighted by Crippen LogP contribution is 2.27. The van der Waals surface area contributed by atoms with Gasteiger partial charge in [0, 0.05) is 19.8 Å². The smallest absolute Gasteiger partial charge is 0.102 e. The lowest BCUT2D eigenvalue weighted by Gasteiger charge is -2.17. The SMILES string of the molecule is CN(C)c1ccc(NCc2cn(C(C)(C)C)nn2)cc1Cl. The van der Waals surface area contributed by atoms with E-state index in [1.165, 1.54) is 0 Å². The Morgan fingerprint density at radius 2 is 2.00 bits per heavy atom. The highest BCUT2D eigenvalue weighted by molar-refractivity contribution is 6.33. The van der Waals surface area contributed by atoms with Crippen molar-refractivity contribution in [2.75, 3.05) is 24.3 Å². The lowest BCUT2D eigenvalue weighted by Crippen LogP contribution is -2.22. The Labute approximate surface area is 130 Å². The Bertz CT molecular complexity index is 613. The van der Waals surface area contributed by atoms with Gasteiger partial charge in [-0.2, -0.15) is 0 Å². The first-order valence-electron chi connectivity index (χ1n) is 6.90. The van der Waals surface area contributed by atoms with Crippen LogP contribution < -0.4 is 10.2 Å². The highest BCUT2D eigenvalue weighted by Gasteiger charge is 2.14. The molecule has 2 rings (SSSR count). The van der Waals surface area contributed by atoms with E-state index >= 15 is 0 Å². The van der Waals surface area contributed by atoms with Crippen LogP contribution in [0.3, 0.4) is 0 Å². The van der Waals surface area contributed by atoms with Crippen molar-refractivity contribution in [1.82, 2.24) is 15.0 Å². The van der Waals surface area contributed by atoms with Crippen LogP contribution in [0.2, 0.25) is 5.02 Å². The van der Waals surface area contributed by atoms with Crippen LogP contribution in [0.15, 0.2) is 24.4 Å². The molecule has 0 radical (unpaired) electrons. The van der Waals surface area contributed by atoms with Crippen LogP contribution >= 0.6 is 11.6 Å². The summed E-state index contributed by atoms with van der Waals surface area (Å²) < 4.78 is 1.87. The Kier molecular flexibility index (Phi) is 4.42. The maximum absolute atomic E-state index is 6.26. The summed E-state index contributed by atoms with van der Waals surface area (Å²) in [5.41, 5.74) is 2.82. The van der Waals surface area contributed by atoms with E-state index in [1.54, 1.807) is 0 Å². The maximum Gasteiger partial charge on any atom is 0.102 e. The molecule has 114 valence electrons. The topological polar surface area (TPSA) is 46.0 Å². The Morgan fingerprint density at radius 1 is 1.29 bits per heavy atom. The molecule has 2 aromatic rings. The van der Waals surface area contributed by atoms with Gasteiger partial charge in [-0.1, -0.05) is 16.8 Å². The van der Waals surface area contributed by atoms with Gasteiger partial charge in [0.05, 0.1) is 29.0 Å². The van der Waals surface area contributed by atoms with Crippen LogP contribution in [0, 0.1) is 0 Å². The zero-order chi connectivity index (χ0) is 15.6. The lowest BCUT2D eigenvalue weighted by molar-refractivity contribution is 0.347. The minimum absolute atomic E-state index is 0.0537. The van der Waals surface area contributed by atoms with Gasteiger partial charge in [0.1, 0.15) is 5.69 Å². The number of benzene rings is 1. The molecule has 0 fully saturated rings. The molecule has 1 aromatic heterocycles. The first-order chi connectivity index (χ1) is 9.77. The summed E-state index contributed by atoms with van der Waals surface area (Å²) in [4.78, 5) is 1.99. The molecule has 0 atom stereocenters. The van der Waals surface area contributed by atoms with Crippen LogP contribution in [0.4, 0.5) is 11.4 Å². The van der Waals surface area contributed by atoms with Crippen molar-refractivity contribution in [3.63, 3.8) is 0 Å². The first kappa shape index (κ1) is 15.6. The fourth-order valence-electron chi connectivity index (χ4n) is 1.88. The quantitative estimate of drug-likeness (QED) is 0.941. The average Bonchev–Trinajstić information content (AvgIpc) is 2.84. The van der Waals surface area contributed by atoms with E-state index in [4.69, 9.17) is 11.6 Å². The summed E-state index contributed by atoms with van der Waals surface area (Å²) in [7, 11) is 3.94. The average molecular weight is 308 g/mol. The minimum Gasteiger partial charge on any atom is -0.379 e. The van der Waals surface area contributed by atoms with Crippen LogP contribution in [-0.4, -0.2) is 29.1 Å². The van der Waals surface area contributed by atoms with Gasteiger partial charge in [0.2, 0.25) is 0 Å². The zero-order valence-electron chi connectivity index (χ0n) is 13.2. The van der Waals surface area contributed by atoms with E-state index in [0.717, 1.165) is 22.1 Å². The number of aromatic nitrogens is 3. The number of halogens is 1. The second-order valence-electron chi connectivity index (χ2n) is 6.24. The molecular weight excluding hydrogens is 286 g/mol. The van der Waals surface area contributed by atoms with E-state index in [2.05, 4.69) is 36.4 Å². The van der Waals surface area contributed by atoms with Gasteiger partial charge in [0.15, 0.2) is 0 Å². The molecule has 1 N–H and O–H groups in total. The van der Waals surface area contributed by atoms with Crippen molar-refractivity contribution in [3.8, 4) is 0 Å². The van der Waals surface area contributed by atoms with Crippen molar-refractivity contribution in [2.24, 2.45) is 0 Å². The standard InChI is InChI=1S/C15H22ClN5/c1-15(2,3)21-10-12(18-19-21)9-17-11-6-7-14(20(4)5)13(16)8-11/h6-8,10,17H,9H2,1-5H3. The molecule has 0 unspecified atom stereocenters. The summed E-state index contributed by atoms with van der Waals surface area (Å²) in [6, 6.07) is 5.93. The van der Waals surface area contributed by atoms with Gasteiger partial charge < -0.3 is 10.2 Å². The van der Waals surface area contributed by atoms with Crippen LogP contribution in [0.5, 0.6) is 0 Å². The van der Waals surface area contributed by atoms with Crippen LogP contribution in [0.1, 0.15) is 26.5 Å².